The third-order valence-electron chi connectivity index (χ3n) is 5.46. The van der Waals surface area contributed by atoms with E-state index in [-0.39, 0.29) is 24.9 Å². The monoisotopic (exact) mass is 422 g/mol. The van der Waals surface area contributed by atoms with Crippen LogP contribution in [0.25, 0.3) is 0 Å². The molecule has 0 heterocycles. The summed E-state index contributed by atoms with van der Waals surface area (Å²) >= 11 is 0. The third kappa shape index (κ3) is 8.47. The number of carbonyl (C=O) groups is 2. The molecule has 0 aromatic heterocycles. The van der Waals surface area contributed by atoms with E-state index in [1.165, 1.54) is 0 Å². The average Bonchev–Trinajstić information content (AvgIpc) is 2.62. The zero-order chi connectivity index (χ0) is 21.8. The normalized spacial score (nSPS) is 16.2. The number of aliphatic carboxylic acids is 1. The Bertz CT molecular complexity index is 573. The first-order chi connectivity index (χ1) is 13.1. The number of rotatable bonds is 16. The van der Waals surface area contributed by atoms with E-state index in [1.54, 1.807) is 0 Å². The number of carboxylic acids is 1. The van der Waals surface area contributed by atoms with Gasteiger partial charge in [-0.3, -0.25) is 14.1 Å². The van der Waals surface area contributed by atoms with Crippen molar-refractivity contribution in [3.63, 3.8) is 0 Å². The second-order valence-electron chi connectivity index (χ2n) is 7.68. The molecule has 28 heavy (non-hydrogen) atoms. The number of carboxylic acid groups (broad SMARTS) is 1. The largest absolute Gasteiger partial charge is 0.481 e. The molecule has 0 radical (unpaired) electrons. The fourth-order valence-corrected chi connectivity index (χ4v) is 4.43. The quantitative estimate of drug-likeness (QED) is 0.278. The molecule has 0 aliphatic carbocycles. The van der Waals surface area contributed by atoms with Crippen LogP contribution in [0.4, 0.5) is 0 Å². The first kappa shape index (κ1) is 26.9. The summed E-state index contributed by atoms with van der Waals surface area (Å²) in [6.45, 7) is 7.89. The van der Waals surface area contributed by atoms with E-state index in [0.29, 0.717) is 12.8 Å². The van der Waals surface area contributed by atoms with Crippen molar-refractivity contribution in [2.45, 2.75) is 96.7 Å². The molecule has 8 heteroatoms. The molecule has 0 aliphatic heterocycles. The predicted molar refractivity (Wildman–Crippen MR) is 109 cm³/mol. The lowest BCUT2D eigenvalue weighted by Crippen LogP contribution is -2.50. The van der Waals surface area contributed by atoms with Gasteiger partial charge in [-0.25, -0.2) is 0 Å². The molecule has 0 saturated heterocycles. The molecule has 7 nitrogen and oxygen atoms in total. The van der Waals surface area contributed by atoms with E-state index in [0.717, 1.165) is 38.5 Å². The molecule has 0 spiro atoms. The Hall–Kier alpha value is -1.15. The molecule has 0 bridgehead atoms. The predicted octanol–water partition coefficient (Wildman–Crippen LogP) is 4.45. The molecular weight excluding hydrogens is 384 g/mol. The van der Waals surface area contributed by atoms with Crippen LogP contribution in [0.5, 0.6) is 0 Å². The summed E-state index contributed by atoms with van der Waals surface area (Å²) in [5, 5.41) is 9.28. The molecule has 0 aliphatic rings. The number of hydrogen-bond donors (Lipinski definition) is 2. The van der Waals surface area contributed by atoms with Crippen LogP contribution in [0.3, 0.4) is 0 Å². The van der Waals surface area contributed by atoms with E-state index >= 15 is 0 Å². The smallest absolute Gasteiger partial charge is 0.330 e. The Kier molecular flexibility index (Phi) is 12.6. The van der Waals surface area contributed by atoms with Crippen LogP contribution >= 0.6 is 0 Å². The van der Waals surface area contributed by atoms with Crippen LogP contribution in [-0.2, 0) is 24.4 Å². The number of unbranched alkanes of at least 4 members (excludes halogenated alkanes) is 2. The lowest BCUT2D eigenvalue weighted by molar-refractivity contribution is -0.153. The minimum absolute atomic E-state index is 0.0258. The van der Waals surface area contributed by atoms with Gasteiger partial charge in [0, 0.05) is 0 Å². The summed E-state index contributed by atoms with van der Waals surface area (Å²) in [5.41, 5.74) is 0. The van der Waals surface area contributed by atoms with Gasteiger partial charge in [0.05, 0.1) is 13.0 Å². The topological polar surface area (TPSA) is 118 Å². The van der Waals surface area contributed by atoms with Gasteiger partial charge in [0.15, 0.2) is 0 Å². The Balaban J connectivity index is 5.66. The van der Waals surface area contributed by atoms with E-state index < -0.39 is 33.2 Å². The van der Waals surface area contributed by atoms with Crippen LogP contribution in [0, 0.1) is 11.8 Å². The number of carbonyl (C=O) groups excluding carboxylic acids is 1. The lowest BCUT2D eigenvalue weighted by atomic mass is 9.86. The second-order valence-corrected chi connectivity index (χ2v) is 9.41. The fraction of sp³-hybridized carbons (Fsp3) is 0.900. The van der Waals surface area contributed by atoms with Crippen molar-refractivity contribution in [3.8, 4) is 0 Å². The van der Waals surface area contributed by atoms with Crippen molar-refractivity contribution in [2.75, 3.05) is 6.61 Å². The van der Waals surface area contributed by atoms with Crippen molar-refractivity contribution in [3.05, 3.63) is 0 Å². The van der Waals surface area contributed by atoms with Gasteiger partial charge in [-0.05, 0) is 24.7 Å². The maximum absolute atomic E-state index is 12.8. The highest BCUT2D eigenvalue weighted by Gasteiger charge is 2.54. The molecule has 3 atom stereocenters. The second kappa shape index (κ2) is 13.1. The molecule has 0 saturated carbocycles. The summed E-state index contributed by atoms with van der Waals surface area (Å²) < 4.78 is 37.2. The molecule has 0 aromatic rings. The minimum Gasteiger partial charge on any atom is -0.481 e. The molecular formula is C20H38O7S. The first-order valence-electron chi connectivity index (χ1n) is 10.4. The van der Waals surface area contributed by atoms with Crippen LogP contribution in [0.15, 0.2) is 0 Å². The highest BCUT2D eigenvalue weighted by atomic mass is 32.2. The molecule has 0 aromatic carbocycles. The van der Waals surface area contributed by atoms with E-state index in [2.05, 4.69) is 6.92 Å². The molecule has 2 N–H and O–H groups in total. The number of hydrogen-bond acceptors (Lipinski definition) is 5. The summed E-state index contributed by atoms with van der Waals surface area (Å²) in [4.78, 5) is 24.2. The van der Waals surface area contributed by atoms with Gasteiger partial charge in [0.1, 0.15) is 0 Å². The van der Waals surface area contributed by atoms with Crippen molar-refractivity contribution in [2.24, 2.45) is 11.8 Å². The Morgan fingerprint density at radius 1 is 0.964 bits per heavy atom. The van der Waals surface area contributed by atoms with Crippen molar-refractivity contribution in [1.82, 2.24) is 0 Å². The van der Waals surface area contributed by atoms with Gasteiger partial charge in [0.2, 0.25) is 4.75 Å². The highest BCUT2D eigenvalue weighted by molar-refractivity contribution is 7.88. The van der Waals surface area contributed by atoms with Crippen LogP contribution in [-0.4, -0.2) is 41.4 Å². The summed E-state index contributed by atoms with van der Waals surface area (Å²) in [7, 11) is -4.98. The molecule has 166 valence electrons. The van der Waals surface area contributed by atoms with Crippen molar-refractivity contribution >= 4 is 22.1 Å². The van der Waals surface area contributed by atoms with Gasteiger partial charge < -0.3 is 9.84 Å². The van der Waals surface area contributed by atoms with Crippen LogP contribution < -0.4 is 0 Å². The zero-order valence-electron chi connectivity index (χ0n) is 17.8. The number of esters is 1. The van der Waals surface area contributed by atoms with Crippen molar-refractivity contribution < 1.29 is 32.4 Å². The number of ether oxygens (including phenoxy) is 1. The van der Waals surface area contributed by atoms with E-state index in [4.69, 9.17) is 4.74 Å². The Morgan fingerprint density at radius 2 is 1.46 bits per heavy atom. The van der Waals surface area contributed by atoms with Crippen molar-refractivity contribution in [1.29, 1.82) is 0 Å². The SMILES string of the molecule is CCCCC(CC)COC(=O)C(CC(=O)O)(CC(CC)CCCC)S(=O)(=O)O. The maximum Gasteiger partial charge on any atom is 0.330 e. The van der Waals surface area contributed by atoms with Gasteiger partial charge in [-0.15, -0.1) is 0 Å². The molecule has 3 unspecified atom stereocenters. The van der Waals surface area contributed by atoms with Gasteiger partial charge >= 0.3 is 11.9 Å². The lowest BCUT2D eigenvalue weighted by Gasteiger charge is -2.31. The Labute approximate surface area is 170 Å². The van der Waals surface area contributed by atoms with E-state index in [9.17, 15) is 27.7 Å². The molecule has 0 rings (SSSR count). The first-order valence-corrected chi connectivity index (χ1v) is 11.9. The summed E-state index contributed by atoms with van der Waals surface area (Å²) in [6, 6.07) is 0. The van der Waals surface area contributed by atoms with Crippen LogP contribution in [0.1, 0.15) is 91.9 Å². The zero-order valence-corrected chi connectivity index (χ0v) is 18.6. The third-order valence-corrected chi connectivity index (χ3v) is 6.92. The average molecular weight is 423 g/mol. The minimum atomic E-state index is -4.98. The molecule has 0 amide bonds. The summed E-state index contributed by atoms with van der Waals surface area (Å²) in [5.74, 6) is -2.73. The summed E-state index contributed by atoms with van der Waals surface area (Å²) in [6.07, 6.45) is 5.27. The van der Waals surface area contributed by atoms with Gasteiger partial charge in [-0.1, -0.05) is 72.6 Å². The fourth-order valence-electron chi connectivity index (χ4n) is 3.41. The Morgan fingerprint density at radius 3 is 1.86 bits per heavy atom. The standard InChI is InChI=1S/C20H38O7S/c1-5-9-11-16(7-3)13-20(14-18(21)22,28(24,25)26)19(23)27-15-17(8-4)12-10-6-2/h16-17H,5-15H2,1-4H3,(H,21,22)(H,24,25,26). The van der Waals surface area contributed by atoms with E-state index in [1.807, 2.05) is 20.8 Å². The maximum atomic E-state index is 12.8. The van der Waals surface area contributed by atoms with Gasteiger partial charge in [-0.2, -0.15) is 8.42 Å². The van der Waals surface area contributed by atoms with Gasteiger partial charge in [0.25, 0.3) is 10.1 Å². The molecule has 0 fully saturated rings. The highest BCUT2D eigenvalue weighted by Crippen LogP contribution is 2.35. The van der Waals surface area contributed by atoms with Crippen LogP contribution in [0.2, 0.25) is 0 Å².